The summed E-state index contributed by atoms with van der Waals surface area (Å²) in [5, 5.41) is 3.06. The van der Waals surface area contributed by atoms with E-state index in [4.69, 9.17) is 10.5 Å². The minimum Gasteiger partial charge on any atom is -0.492 e. The van der Waals surface area contributed by atoms with Crippen molar-refractivity contribution in [2.24, 2.45) is 5.73 Å². The lowest BCUT2D eigenvalue weighted by molar-refractivity contribution is -0.123. The van der Waals surface area contributed by atoms with Crippen LogP contribution >= 0.6 is 15.9 Å². The Morgan fingerprint density at radius 1 is 1.33 bits per heavy atom. The molecule has 0 unspecified atom stereocenters. The van der Waals surface area contributed by atoms with Crippen LogP contribution < -0.4 is 15.8 Å². The van der Waals surface area contributed by atoms with Gasteiger partial charge in [0.05, 0.1) is 16.6 Å². The summed E-state index contributed by atoms with van der Waals surface area (Å²) in [5.41, 5.74) is 5.52. The highest BCUT2D eigenvalue weighted by Gasteiger charge is 2.25. The number of amides is 1. The number of nitrogens with two attached hydrogens (primary N) is 1. The quantitative estimate of drug-likeness (QED) is 0.667. The van der Waals surface area contributed by atoms with Crippen molar-refractivity contribution in [1.29, 1.82) is 0 Å². The molecule has 0 heterocycles. The largest absolute Gasteiger partial charge is 0.492 e. The molecule has 0 aliphatic rings. The zero-order valence-corrected chi connectivity index (χ0v) is 14.4. The molecule has 21 heavy (non-hydrogen) atoms. The number of hydrogen-bond donors (Lipinski definition) is 2. The molecule has 0 saturated heterocycles. The Balaban J connectivity index is 2.32. The molecule has 0 aliphatic heterocycles. The summed E-state index contributed by atoms with van der Waals surface area (Å²) < 4.78 is 6.57. The number of nitrogens with one attached hydrogen (secondary N) is 1. The smallest absolute Gasteiger partial charge is 0.220 e. The summed E-state index contributed by atoms with van der Waals surface area (Å²) in [6.45, 7) is 5.09. The number of ether oxygens (including phenoxy) is 1. The Labute approximate surface area is 135 Å². The highest BCUT2D eigenvalue weighted by atomic mass is 79.9. The SMILES string of the molecule is CCC(CC)(CN)NC(=O)CCCOc1ccccc1Br. The molecule has 0 fully saturated rings. The number of carbonyl (C=O) groups excluding carboxylic acids is 1. The summed E-state index contributed by atoms with van der Waals surface area (Å²) in [5.74, 6) is 0.844. The van der Waals surface area contributed by atoms with Crippen LogP contribution in [0, 0.1) is 0 Å². The zero-order valence-electron chi connectivity index (χ0n) is 12.8. The van der Waals surface area contributed by atoms with Crippen molar-refractivity contribution in [1.82, 2.24) is 5.32 Å². The molecule has 1 amide bonds. The first-order chi connectivity index (χ1) is 10.1. The fraction of sp³-hybridized carbons (Fsp3) is 0.562. The van der Waals surface area contributed by atoms with Gasteiger partial charge in [0, 0.05) is 13.0 Å². The van der Waals surface area contributed by atoms with E-state index < -0.39 is 0 Å². The van der Waals surface area contributed by atoms with Crippen molar-refractivity contribution in [3.8, 4) is 5.75 Å². The van der Waals surface area contributed by atoms with Gasteiger partial charge >= 0.3 is 0 Å². The molecule has 0 aliphatic carbocycles. The van der Waals surface area contributed by atoms with Crippen LogP contribution in [-0.2, 0) is 4.79 Å². The van der Waals surface area contributed by atoms with Gasteiger partial charge in [-0.1, -0.05) is 26.0 Å². The maximum atomic E-state index is 12.0. The van der Waals surface area contributed by atoms with Crippen LogP contribution in [0.1, 0.15) is 39.5 Å². The highest BCUT2D eigenvalue weighted by molar-refractivity contribution is 9.10. The van der Waals surface area contributed by atoms with E-state index in [0.29, 0.717) is 26.0 Å². The van der Waals surface area contributed by atoms with Gasteiger partial charge in [0.2, 0.25) is 5.91 Å². The van der Waals surface area contributed by atoms with Crippen molar-refractivity contribution in [2.45, 2.75) is 45.1 Å². The van der Waals surface area contributed by atoms with Crippen LogP contribution in [0.15, 0.2) is 28.7 Å². The first-order valence-corrected chi connectivity index (χ1v) is 8.24. The monoisotopic (exact) mass is 356 g/mol. The second kappa shape index (κ2) is 9.05. The maximum Gasteiger partial charge on any atom is 0.220 e. The Morgan fingerprint density at radius 2 is 2.00 bits per heavy atom. The minimum atomic E-state index is -0.263. The first-order valence-electron chi connectivity index (χ1n) is 7.45. The zero-order chi connectivity index (χ0) is 15.7. The normalized spacial score (nSPS) is 11.2. The predicted molar refractivity (Wildman–Crippen MR) is 89.4 cm³/mol. The summed E-state index contributed by atoms with van der Waals surface area (Å²) in [6.07, 6.45) is 2.83. The number of para-hydroxylation sites is 1. The molecule has 1 rings (SSSR count). The van der Waals surface area contributed by atoms with Gasteiger partial charge in [-0.3, -0.25) is 4.79 Å². The van der Waals surface area contributed by atoms with E-state index in [9.17, 15) is 4.79 Å². The molecule has 1 aromatic rings. The van der Waals surface area contributed by atoms with E-state index in [0.717, 1.165) is 23.1 Å². The molecule has 0 spiro atoms. The number of rotatable bonds is 9. The number of hydrogen-bond acceptors (Lipinski definition) is 3. The van der Waals surface area contributed by atoms with E-state index in [1.807, 2.05) is 38.1 Å². The summed E-state index contributed by atoms with van der Waals surface area (Å²) in [4.78, 5) is 12.0. The van der Waals surface area contributed by atoms with Gasteiger partial charge in [-0.15, -0.1) is 0 Å². The summed E-state index contributed by atoms with van der Waals surface area (Å²) in [6, 6.07) is 7.69. The molecule has 0 aromatic heterocycles. The third-order valence-electron chi connectivity index (χ3n) is 3.79. The molecule has 0 bridgehead atoms. The van der Waals surface area contributed by atoms with Crippen LogP contribution in [0.5, 0.6) is 5.75 Å². The summed E-state index contributed by atoms with van der Waals surface area (Å²) in [7, 11) is 0. The first kappa shape index (κ1) is 18.0. The van der Waals surface area contributed by atoms with Crippen LogP contribution in [-0.4, -0.2) is 24.6 Å². The Kier molecular flexibility index (Phi) is 7.75. The van der Waals surface area contributed by atoms with Gasteiger partial charge in [-0.05, 0) is 47.3 Å². The molecule has 4 nitrogen and oxygen atoms in total. The average molecular weight is 357 g/mol. The van der Waals surface area contributed by atoms with E-state index in [2.05, 4.69) is 21.2 Å². The molecule has 118 valence electrons. The topological polar surface area (TPSA) is 64.3 Å². The molecular formula is C16H25BrN2O2. The van der Waals surface area contributed by atoms with Crippen LogP contribution in [0.2, 0.25) is 0 Å². The molecule has 5 heteroatoms. The molecule has 0 saturated carbocycles. The van der Waals surface area contributed by atoms with E-state index in [-0.39, 0.29) is 11.4 Å². The number of halogens is 1. The standard InChI is InChI=1S/C16H25BrN2O2/c1-3-16(4-2,12-18)19-15(20)10-7-11-21-14-9-6-5-8-13(14)17/h5-6,8-9H,3-4,7,10-12,18H2,1-2H3,(H,19,20). The lowest BCUT2D eigenvalue weighted by Crippen LogP contribution is -2.52. The van der Waals surface area contributed by atoms with Gasteiger partial charge < -0.3 is 15.8 Å². The Morgan fingerprint density at radius 3 is 2.57 bits per heavy atom. The van der Waals surface area contributed by atoms with Crippen LogP contribution in [0.3, 0.4) is 0 Å². The lowest BCUT2D eigenvalue weighted by atomic mass is 9.92. The van der Waals surface area contributed by atoms with E-state index in [1.165, 1.54) is 0 Å². The molecule has 0 atom stereocenters. The fourth-order valence-corrected chi connectivity index (χ4v) is 2.50. The van der Waals surface area contributed by atoms with Crippen LogP contribution in [0.25, 0.3) is 0 Å². The minimum absolute atomic E-state index is 0.0416. The van der Waals surface area contributed by atoms with Gasteiger partial charge in [0.1, 0.15) is 5.75 Å². The number of carbonyl (C=O) groups is 1. The second-order valence-electron chi connectivity index (χ2n) is 5.12. The predicted octanol–water partition coefficient (Wildman–Crippen LogP) is 3.24. The third kappa shape index (κ3) is 5.67. The highest BCUT2D eigenvalue weighted by Crippen LogP contribution is 2.23. The summed E-state index contributed by atoms with van der Waals surface area (Å²) >= 11 is 3.43. The molecule has 0 radical (unpaired) electrons. The molecular weight excluding hydrogens is 332 g/mol. The van der Waals surface area contributed by atoms with Crippen molar-refractivity contribution < 1.29 is 9.53 Å². The van der Waals surface area contributed by atoms with Gasteiger partial charge in [-0.25, -0.2) is 0 Å². The second-order valence-corrected chi connectivity index (χ2v) is 5.98. The van der Waals surface area contributed by atoms with Gasteiger partial charge in [0.25, 0.3) is 0 Å². The van der Waals surface area contributed by atoms with Crippen molar-refractivity contribution in [2.75, 3.05) is 13.2 Å². The van der Waals surface area contributed by atoms with Crippen molar-refractivity contribution in [3.63, 3.8) is 0 Å². The van der Waals surface area contributed by atoms with Gasteiger partial charge in [-0.2, -0.15) is 0 Å². The average Bonchev–Trinajstić information content (AvgIpc) is 2.51. The van der Waals surface area contributed by atoms with Crippen LogP contribution in [0.4, 0.5) is 0 Å². The maximum absolute atomic E-state index is 12.0. The van der Waals surface area contributed by atoms with E-state index in [1.54, 1.807) is 0 Å². The number of benzene rings is 1. The Hall–Kier alpha value is -1.07. The Bertz CT molecular complexity index is 439. The lowest BCUT2D eigenvalue weighted by Gasteiger charge is -2.31. The van der Waals surface area contributed by atoms with E-state index >= 15 is 0 Å². The molecule has 1 aromatic carbocycles. The van der Waals surface area contributed by atoms with Gasteiger partial charge in [0.15, 0.2) is 0 Å². The fourth-order valence-electron chi connectivity index (χ4n) is 2.10. The molecule has 3 N–H and O–H groups in total. The van der Waals surface area contributed by atoms with Crippen molar-refractivity contribution in [3.05, 3.63) is 28.7 Å². The third-order valence-corrected chi connectivity index (χ3v) is 4.45. The van der Waals surface area contributed by atoms with Crippen molar-refractivity contribution >= 4 is 21.8 Å².